The maximum Gasteiger partial charge on any atom is 0.255 e. The quantitative estimate of drug-likeness (QED) is 0.729. The molecule has 1 N–H and O–H groups in total. The molecule has 0 saturated heterocycles. The van der Waals surface area contributed by atoms with E-state index >= 15 is 0 Å². The molecule has 0 fully saturated rings. The van der Waals surface area contributed by atoms with Crippen LogP contribution in [0.5, 0.6) is 11.5 Å². The van der Waals surface area contributed by atoms with E-state index in [2.05, 4.69) is 12.2 Å². The Bertz CT molecular complexity index is 640. The van der Waals surface area contributed by atoms with Crippen LogP contribution < -0.4 is 14.8 Å². The van der Waals surface area contributed by atoms with Crippen molar-refractivity contribution in [3.8, 4) is 11.5 Å². The molecule has 0 atom stereocenters. The number of amides is 1. The van der Waals surface area contributed by atoms with Crippen LogP contribution in [0.15, 0.2) is 48.5 Å². The van der Waals surface area contributed by atoms with Gasteiger partial charge < -0.3 is 14.8 Å². The Balaban J connectivity index is 2.02. The maximum absolute atomic E-state index is 12.3. The van der Waals surface area contributed by atoms with Crippen molar-refractivity contribution in [2.45, 2.75) is 26.7 Å². The van der Waals surface area contributed by atoms with Crippen LogP contribution in [-0.4, -0.2) is 19.1 Å². The van der Waals surface area contributed by atoms with Gasteiger partial charge in [0, 0.05) is 17.3 Å². The van der Waals surface area contributed by atoms with E-state index in [1.54, 1.807) is 12.1 Å². The zero-order chi connectivity index (χ0) is 16.5. The van der Waals surface area contributed by atoms with Gasteiger partial charge in [0.1, 0.15) is 11.5 Å². The molecule has 0 aliphatic carbocycles. The summed E-state index contributed by atoms with van der Waals surface area (Å²) in [5.41, 5.74) is 1.28. The second kappa shape index (κ2) is 8.83. The van der Waals surface area contributed by atoms with E-state index in [9.17, 15) is 4.79 Å². The van der Waals surface area contributed by atoms with Gasteiger partial charge in [0.05, 0.1) is 13.2 Å². The van der Waals surface area contributed by atoms with Crippen molar-refractivity contribution < 1.29 is 14.3 Å². The van der Waals surface area contributed by atoms with E-state index in [0.29, 0.717) is 30.2 Å². The highest BCUT2D eigenvalue weighted by Crippen LogP contribution is 2.19. The Morgan fingerprint density at radius 1 is 1.00 bits per heavy atom. The van der Waals surface area contributed by atoms with Gasteiger partial charge in [0.25, 0.3) is 5.91 Å². The third-order valence-corrected chi connectivity index (χ3v) is 3.27. The Morgan fingerprint density at radius 3 is 2.48 bits per heavy atom. The highest BCUT2D eigenvalue weighted by molar-refractivity contribution is 6.04. The Kier molecular flexibility index (Phi) is 6.48. The van der Waals surface area contributed by atoms with Crippen molar-refractivity contribution >= 4 is 11.6 Å². The van der Waals surface area contributed by atoms with Crippen molar-refractivity contribution in [3.05, 3.63) is 54.1 Å². The van der Waals surface area contributed by atoms with Crippen LogP contribution >= 0.6 is 0 Å². The molecule has 0 saturated carbocycles. The second-order valence-corrected chi connectivity index (χ2v) is 5.14. The number of hydrogen-bond donors (Lipinski definition) is 1. The lowest BCUT2D eigenvalue weighted by molar-refractivity contribution is 0.102. The molecular weight excluding hydrogens is 290 g/mol. The number of unbranched alkanes of at least 4 members (excludes halogenated alkanes) is 1. The number of benzene rings is 2. The van der Waals surface area contributed by atoms with Crippen LogP contribution in [-0.2, 0) is 0 Å². The van der Waals surface area contributed by atoms with Crippen LogP contribution in [0.2, 0.25) is 0 Å². The van der Waals surface area contributed by atoms with E-state index in [1.165, 1.54) is 0 Å². The molecule has 23 heavy (non-hydrogen) atoms. The smallest absolute Gasteiger partial charge is 0.255 e. The molecular formula is C19H23NO3. The summed E-state index contributed by atoms with van der Waals surface area (Å²) in [4.78, 5) is 12.3. The maximum atomic E-state index is 12.3. The first kappa shape index (κ1) is 16.9. The summed E-state index contributed by atoms with van der Waals surface area (Å²) in [6, 6.07) is 14.6. The molecule has 4 nitrogen and oxygen atoms in total. The van der Waals surface area contributed by atoms with E-state index in [0.717, 1.165) is 18.6 Å². The van der Waals surface area contributed by atoms with Crippen LogP contribution in [0.25, 0.3) is 0 Å². The summed E-state index contributed by atoms with van der Waals surface area (Å²) >= 11 is 0. The Morgan fingerprint density at radius 2 is 1.74 bits per heavy atom. The topological polar surface area (TPSA) is 47.6 Å². The van der Waals surface area contributed by atoms with Gasteiger partial charge in [-0.1, -0.05) is 25.5 Å². The number of rotatable bonds is 8. The molecule has 1 amide bonds. The highest BCUT2D eigenvalue weighted by atomic mass is 16.5. The third kappa shape index (κ3) is 5.33. The number of carbonyl (C=O) groups excluding carboxylic acids is 1. The molecule has 0 heterocycles. The van der Waals surface area contributed by atoms with Crippen LogP contribution in [0.1, 0.15) is 37.0 Å². The molecule has 2 aromatic rings. The standard InChI is InChI=1S/C19H23NO3/c1-3-5-12-23-18-11-7-9-16(14-18)20-19(21)15-8-6-10-17(13-15)22-4-2/h6-11,13-14H,3-5,12H2,1-2H3,(H,20,21). The fourth-order valence-electron chi connectivity index (χ4n) is 2.10. The summed E-state index contributed by atoms with van der Waals surface area (Å²) < 4.78 is 11.1. The SMILES string of the molecule is CCCCOc1cccc(NC(=O)c2cccc(OCC)c2)c1. The molecule has 0 radical (unpaired) electrons. The normalized spacial score (nSPS) is 10.2. The second-order valence-electron chi connectivity index (χ2n) is 5.14. The van der Waals surface area contributed by atoms with E-state index in [-0.39, 0.29) is 5.91 Å². The van der Waals surface area contributed by atoms with Gasteiger partial charge in [0.15, 0.2) is 0 Å². The predicted octanol–water partition coefficient (Wildman–Crippen LogP) is 4.52. The lowest BCUT2D eigenvalue weighted by Crippen LogP contribution is -2.12. The number of carbonyl (C=O) groups is 1. The first-order valence-electron chi connectivity index (χ1n) is 8.00. The molecule has 2 aromatic carbocycles. The molecule has 122 valence electrons. The summed E-state index contributed by atoms with van der Waals surface area (Å²) in [6.07, 6.45) is 2.10. The van der Waals surface area contributed by atoms with Crippen LogP contribution in [0.4, 0.5) is 5.69 Å². The summed E-state index contributed by atoms with van der Waals surface area (Å²) in [7, 11) is 0. The minimum absolute atomic E-state index is 0.169. The van der Waals surface area contributed by atoms with E-state index < -0.39 is 0 Å². The van der Waals surface area contributed by atoms with Crippen molar-refractivity contribution in [2.24, 2.45) is 0 Å². The van der Waals surface area contributed by atoms with Crippen molar-refractivity contribution in [2.75, 3.05) is 18.5 Å². The molecule has 0 aliphatic heterocycles. The zero-order valence-corrected chi connectivity index (χ0v) is 13.7. The molecule has 4 heteroatoms. The van der Waals surface area contributed by atoms with Gasteiger partial charge >= 0.3 is 0 Å². The van der Waals surface area contributed by atoms with E-state index in [1.807, 2.05) is 43.3 Å². The first-order chi connectivity index (χ1) is 11.2. The lowest BCUT2D eigenvalue weighted by Gasteiger charge is -2.10. The first-order valence-corrected chi connectivity index (χ1v) is 8.00. The highest BCUT2D eigenvalue weighted by Gasteiger charge is 2.08. The Hall–Kier alpha value is -2.49. The average molecular weight is 313 g/mol. The summed E-state index contributed by atoms with van der Waals surface area (Å²) in [5.74, 6) is 1.29. The molecule has 2 rings (SSSR count). The molecule has 0 bridgehead atoms. The average Bonchev–Trinajstić information content (AvgIpc) is 2.56. The fraction of sp³-hybridized carbons (Fsp3) is 0.316. The monoisotopic (exact) mass is 313 g/mol. The van der Waals surface area contributed by atoms with Gasteiger partial charge in [-0.3, -0.25) is 4.79 Å². The minimum Gasteiger partial charge on any atom is -0.494 e. The summed E-state index contributed by atoms with van der Waals surface area (Å²) in [5, 5.41) is 2.88. The number of hydrogen-bond acceptors (Lipinski definition) is 3. The van der Waals surface area contributed by atoms with Gasteiger partial charge in [0.2, 0.25) is 0 Å². The zero-order valence-electron chi connectivity index (χ0n) is 13.7. The Labute approximate surface area is 137 Å². The van der Waals surface area contributed by atoms with Gasteiger partial charge in [-0.25, -0.2) is 0 Å². The molecule has 0 unspecified atom stereocenters. The van der Waals surface area contributed by atoms with Crippen LogP contribution in [0.3, 0.4) is 0 Å². The largest absolute Gasteiger partial charge is 0.494 e. The van der Waals surface area contributed by atoms with Crippen molar-refractivity contribution in [3.63, 3.8) is 0 Å². The molecule has 0 aromatic heterocycles. The minimum atomic E-state index is -0.169. The van der Waals surface area contributed by atoms with Crippen molar-refractivity contribution in [1.82, 2.24) is 0 Å². The number of anilines is 1. The van der Waals surface area contributed by atoms with Crippen molar-refractivity contribution in [1.29, 1.82) is 0 Å². The van der Waals surface area contributed by atoms with E-state index in [4.69, 9.17) is 9.47 Å². The molecule has 0 aliphatic rings. The lowest BCUT2D eigenvalue weighted by atomic mass is 10.2. The molecule has 0 spiro atoms. The van der Waals surface area contributed by atoms with Crippen LogP contribution in [0, 0.1) is 0 Å². The predicted molar refractivity (Wildman–Crippen MR) is 92.4 cm³/mol. The number of nitrogens with one attached hydrogen (secondary N) is 1. The number of ether oxygens (including phenoxy) is 2. The van der Waals surface area contributed by atoms with Gasteiger partial charge in [-0.15, -0.1) is 0 Å². The van der Waals surface area contributed by atoms with Gasteiger partial charge in [-0.2, -0.15) is 0 Å². The third-order valence-electron chi connectivity index (χ3n) is 3.27. The van der Waals surface area contributed by atoms with Gasteiger partial charge in [-0.05, 0) is 43.7 Å². The summed E-state index contributed by atoms with van der Waals surface area (Å²) in [6.45, 7) is 5.29. The fourth-order valence-corrected chi connectivity index (χ4v) is 2.10.